The van der Waals surface area contributed by atoms with Crippen LogP contribution < -0.4 is 5.56 Å². The molecule has 12 heteroatoms. The molecule has 0 spiro atoms. The maximum atomic E-state index is 13.7. The van der Waals surface area contributed by atoms with Gasteiger partial charge < -0.3 is 0 Å². The number of aromatic nitrogens is 8. The predicted molar refractivity (Wildman–Crippen MR) is 159 cm³/mol. The third-order valence-corrected chi connectivity index (χ3v) is 8.01. The van der Waals surface area contributed by atoms with Gasteiger partial charge in [0.15, 0.2) is 16.8 Å². The number of hydrogen-bond donors (Lipinski definition) is 0. The highest BCUT2D eigenvalue weighted by Gasteiger charge is 2.25. The maximum Gasteiger partial charge on any atom is 0.254 e. The lowest BCUT2D eigenvalue weighted by Gasteiger charge is -2.19. The minimum Gasteiger partial charge on any atom is -0.297 e. The Hall–Kier alpha value is -4.15. The number of rotatable bonds is 10. The van der Waals surface area contributed by atoms with Gasteiger partial charge in [-0.15, -0.1) is 5.10 Å². The Morgan fingerprint density at radius 1 is 1.00 bits per heavy atom. The van der Waals surface area contributed by atoms with Gasteiger partial charge in [-0.3, -0.25) is 18.8 Å². The molecule has 5 aromatic rings. The van der Waals surface area contributed by atoms with E-state index in [0.29, 0.717) is 40.1 Å². The predicted octanol–water partition coefficient (Wildman–Crippen LogP) is 5.18. The van der Waals surface area contributed by atoms with Crippen LogP contribution in [0.15, 0.2) is 78.2 Å². The van der Waals surface area contributed by atoms with Crippen LogP contribution in [0.1, 0.15) is 43.1 Å². The molecule has 0 radical (unpaired) electrons. The van der Waals surface area contributed by atoms with Crippen molar-refractivity contribution in [3.63, 3.8) is 0 Å². The number of hydrogen-bond acceptors (Lipinski definition) is 7. The number of carbonyl (C=O) groups excluding carboxylic acids is 1. The average molecular weight is 604 g/mol. The Bertz CT molecular complexity index is 1760. The number of carbonyl (C=O) groups is 1. The van der Waals surface area contributed by atoms with Crippen molar-refractivity contribution in [3.05, 3.63) is 105 Å². The number of benzene rings is 2. The first-order valence-electron chi connectivity index (χ1n) is 13.8. The van der Waals surface area contributed by atoms with Crippen LogP contribution in [-0.2, 0) is 24.2 Å². The van der Waals surface area contributed by atoms with Crippen LogP contribution in [0.2, 0.25) is 10.2 Å². The quantitative estimate of drug-likeness (QED) is 0.216. The summed E-state index contributed by atoms with van der Waals surface area (Å²) in [4.78, 5) is 36.3. The van der Waals surface area contributed by atoms with Crippen molar-refractivity contribution in [2.75, 3.05) is 0 Å². The molecule has 3 aromatic heterocycles. The van der Waals surface area contributed by atoms with Crippen molar-refractivity contribution in [1.82, 2.24) is 39.3 Å². The highest BCUT2D eigenvalue weighted by atomic mass is 35.5. The normalized spacial score (nSPS) is 14.3. The van der Waals surface area contributed by atoms with Gasteiger partial charge in [0.1, 0.15) is 12.4 Å². The van der Waals surface area contributed by atoms with E-state index in [4.69, 9.17) is 23.2 Å². The molecule has 3 heterocycles. The van der Waals surface area contributed by atoms with Gasteiger partial charge in [-0.05, 0) is 42.5 Å². The third-order valence-electron chi connectivity index (χ3n) is 7.60. The zero-order valence-electron chi connectivity index (χ0n) is 22.7. The smallest absolute Gasteiger partial charge is 0.254 e. The topological polar surface area (TPSA) is 113 Å². The summed E-state index contributed by atoms with van der Waals surface area (Å²) in [6, 6.07) is 15.3. The fourth-order valence-electron chi connectivity index (χ4n) is 5.50. The largest absolute Gasteiger partial charge is 0.297 e. The zero-order valence-corrected chi connectivity index (χ0v) is 24.2. The van der Waals surface area contributed by atoms with Gasteiger partial charge in [-0.1, -0.05) is 71.6 Å². The van der Waals surface area contributed by atoms with Gasteiger partial charge in [0, 0.05) is 29.6 Å². The minimum absolute atomic E-state index is 0.00879. The molecule has 0 aliphatic heterocycles. The standard InChI is InChI=1S/C30H28Cl2N8O2/c31-22-10-11-25(40-17-28(32)35-37-40)23(13-22)24-14-30(42)39(19-33-24)26(12-20-6-2-1-3-7-20)27(41)15-29-34-18-38(36-29)16-21-8-4-5-9-21/h1-3,6-7,10-11,13-14,17-19,21,26H,4-5,8-9,12,15-16H2/t26-/m0/s1. The molecule has 1 saturated carbocycles. The Kier molecular flexibility index (Phi) is 8.25. The minimum atomic E-state index is -0.795. The van der Waals surface area contributed by atoms with Gasteiger partial charge in [-0.2, -0.15) is 5.10 Å². The molecule has 0 amide bonds. The molecular formula is C30H28Cl2N8O2. The van der Waals surface area contributed by atoms with Crippen LogP contribution in [-0.4, -0.2) is 45.1 Å². The average Bonchev–Trinajstić information content (AvgIpc) is 3.76. The zero-order chi connectivity index (χ0) is 29.1. The van der Waals surface area contributed by atoms with Crippen molar-refractivity contribution in [1.29, 1.82) is 0 Å². The van der Waals surface area contributed by atoms with Crippen molar-refractivity contribution < 1.29 is 4.79 Å². The van der Waals surface area contributed by atoms with Crippen LogP contribution in [0.3, 0.4) is 0 Å². The number of ketones is 1. The lowest BCUT2D eigenvalue weighted by Crippen LogP contribution is -2.32. The summed E-state index contributed by atoms with van der Waals surface area (Å²) in [6.07, 6.45) is 9.88. The van der Waals surface area contributed by atoms with Crippen LogP contribution in [0.4, 0.5) is 0 Å². The second kappa shape index (κ2) is 12.4. The lowest BCUT2D eigenvalue weighted by atomic mass is 10.00. The summed E-state index contributed by atoms with van der Waals surface area (Å²) in [6.45, 7) is 0.811. The summed E-state index contributed by atoms with van der Waals surface area (Å²) < 4.78 is 4.70. The molecule has 2 aromatic carbocycles. The van der Waals surface area contributed by atoms with E-state index in [0.717, 1.165) is 12.1 Å². The fourth-order valence-corrected chi connectivity index (χ4v) is 5.80. The van der Waals surface area contributed by atoms with E-state index in [1.54, 1.807) is 30.7 Å². The molecule has 0 N–H and O–H groups in total. The van der Waals surface area contributed by atoms with Gasteiger partial charge in [0.25, 0.3) is 5.56 Å². The SMILES string of the molecule is O=C(Cc1ncn(CC2CCCC2)n1)[C@H](Cc1ccccc1)n1cnc(-c2cc(Cl)ccc2-n2cc(Cl)nn2)cc1=O. The third kappa shape index (κ3) is 6.34. The van der Waals surface area contributed by atoms with Gasteiger partial charge >= 0.3 is 0 Å². The second-order valence-corrected chi connectivity index (χ2v) is 11.4. The van der Waals surface area contributed by atoms with E-state index >= 15 is 0 Å². The molecule has 0 saturated heterocycles. The van der Waals surface area contributed by atoms with Crippen molar-refractivity contribution >= 4 is 29.0 Å². The highest BCUT2D eigenvalue weighted by Crippen LogP contribution is 2.29. The number of nitrogens with zero attached hydrogens (tertiary/aromatic N) is 8. The second-order valence-electron chi connectivity index (χ2n) is 10.5. The molecule has 1 aliphatic rings. The van der Waals surface area contributed by atoms with Crippen LogP contribution in [0.5, 0.6) is 0 Å². The molecule has 0 bridgehead atoms. The molecule has 10 nitrogen and oxygen atoms in total. The van der Waals surface area contributed by atoms with Crippen LogP contribution in [0, 0.1) is 5.92 Å². The number of Topliss-reactive ketones (excluding diaryl/α,β-unsaturated/α-hetero) is 1. The van der Waals surface area contributed by atoms with Crippen LogP contribution >= 0.6 is 23.2 Å². The fraction of sp³-hybridized carbons (Fsp3) is 0.300. The van der Waals surface area contributed by atoms with Crippen LogP contribution in [0.25, 0.3) is 16.9 Å². The Balaban J connectivity index is 1.30. The molecule has 1 atom stereocenters. The van der Waals surface area contributed by atoms with Crippen molar-refractivity contribution in [2.45, 2.75) is 51.1 Å². The Morgan fingerprint density at radius 2 is 1.81 bits per heavy atom. The molecule has 1 fully saturated rings. The summed E-state index contributed by atoms with van der Waals surface area (Å²) in [5, 5.41) is 13.1. The summed E-state index contributed by atoms with van der Waals surface area (Å²) in [5.74, 6) is 0.879. The first-order valence-corrected chi connectivity index (χ1v) is 14.6. The Morgan fingerprint density at radius 3 is 2.55 bits per heavy atom. The van der Waals surface area contributed by atoms with E-state index in [-0.39, 0.29) is 22.9 Å². The maximum absolute atomic E-state index is 13.7. The van der Waals surface area contributed by atoms with E-state index in [1.807, 2.05) is 35.0 Å². The molecule has 0 unspecified atom stereocenters. The molecule has 6 rings (SSSR count). The molecular weight excluding hydrogens is 575 g/mol. The summed E-state index contributed by atoms with van der Waals surface area (Å²) in [7, 11) is 0. The Labute approximate surface area is 252 Å². The van der Waals surface area contributed by atoms with E-state index in [9.17, 15) is 9.59 Å². The van der Waals surface area contributed by atoms with Crippen molar-refractivity contribution in [3.8, 4) is 16.9 Å². The first kappa shape index (κ1) is 28.0. The van der Waals surface area contributed by atoms with E-state index in [2.05, 4.69) is 25.4 Å². The summed E-state index contributed by atoms with van der Waals surface area (Å²) >= 11 is 12.3. The van der Waals surface area contributed by atoms with Gasteiger partial charge in [0.2, 0.25) is 0 Å². The molecule has 1 aliphatic carbocycles. The van der Waals surface area contributed by atoms with E-state index in [1.165, 1.54) is 47.3 Å². The molecule has 42 heavy (non-hydrogen) atoms. The highest BCUT2D eigenvalue weighted by molar-refractivity contribution is 6.31. The number of halogens is 2. The van der Waals surface area contributed by atoms with Gasteiger partial charge in [0.05, 0.1) is 30.3 Å². The van der Waals surface area contributed by atoms with Crippen molar-refractivity contribution in [2.24, 2.45) is 5.92 Å². The first-order chi connectivity index (χ1) is 20.4. The monoisotopic (exact) mass is 602 g/mol. The summed E-state index contributed by atoms with van der Waals surface area (Å²) in [5.41, 5.74) is 2.08. The van der Waals surface area contributed by atoms with E-state index < -0.39 is 6.04 Å². The lowest BCUT2D eigenvalue weighted by molar-refractivity contribution is -0.121. The molecule has 214 valence electrons. The van der Waals surface area contributed by atoms with Gasteiger partial charge in [-0.25, -0.2) is 14.6 Å².